The van der Waals surface area contributed by atoms with Gasteiger partial charge in [-0.1, -0.05) is 223 Å². The van der Waals surface area contributed by atoms with Crippen LogP contribution in [0.5, 0.6) is 23.0 Å². The number of nitrogens with zero attached hydrogens (tertiary/aromatic N) is 4. The van der Waals surface area contributed by atoms with Gasteiger partial charge in [0.25, 0.3) is 0 Å². The standard InChI is InChI=1S/2C18H15P.C17H16N2O4S.C10H10O2.C7H7BrN2O2S.2ClH.Pd/c2*1-4-10-16(11-5-1)19(17-12-6-2-7-13-17)18-14-8-3-9-15-18;1-21-13-7-11(8-14(9-13)22-2)5-6-12-10-18-17(24-4)19-15(12)16(20)23-3;1-4-8-5-9(11-2)7-10(6-8)12-3;1-12-6(11)5-4(8)3-9-7(10-5)13-2;;;/h2*1-15H;7-10H,1-4H3;1,5-7H,2-3H3;3H,1-2H3;2*1H;/q;;;;;;;+2/p-2. The Balaban J connectivity index is 0.000000206. The van der Waals surface area contributed by atoms with E-state index in [4.69, 9.17) is 49.2 Å². The molecule has 0 unspecified atom stereocenters. The van der Waals surface area contributed by atoms with Gasteiger partial charge in [-0.05, 0) is 100 Å². The maximum absolute atomic E-state index is 11.9. The summed E-state index contributed by atoms with van der Waals surface area (Å²) in [6, 6.07) is 75.3. The first kappa shape index (κ1) is 73.2. The number of carbonyl (C=O) groups is 2. The van der Waals surface area contributed by atoms with Crippen LogP contribution in [0.25, 0.3) is 0 Å². The zero-order valence-electron chi connectivity index (χ0n) is 50.2. The number of rotatable bonds is 14. The third-order valence-corrected chi connectivity index (χ3v) is 18.5. The van der Waals surface area contributed by atoms with Crippen LogP contribution in [-0.4, -0.2) is 87.0 Å². The van der Waals surface area contributed by atoms with E-state index in [1.54, 1.807) is 64.8 Å². The number of aromatic nitrogens is 4. The summed E-state index contributed by atoms with van der Waals surface area (Å²) in [6.45, 7) is 0. The number of hydrogen-bond acceptors (Lipinski definition) is 14. The molecule has 0 fully saturated rings. The van der Waals surface area contributed by atoms with Gasteiger partial charge >= 0.3 is 46.9 Å². The SMILES string of the molecule is C#Cc1cc(OC)cc(OC)c1.COC(=O)c1nc(SC)ncc1Br.COC(=O)c1nc(SC)ncc1C#Cc1cc(OC)cc(OC)c1.[Cl][Pd][Cl].c1ccc(P(c2ccccc2)c2ccccc2)cc1.c1ccc(P(c2ccccc2)c2ccccc2)cc1. The Morgan fingerprint density at radius 3 is 1.03 bits per heavy atom. The average Bonchev–Trinajstić information content (AvgIpc) is 1.66. The van der Waals surface area contributed by atoms with Crippen LogP contribution < -0.4 is 50.8 Å². The third kappa shape index (κ3) is 24.0. The van der Waals surface area contributed by atoms with Crippen molar-refractivity contribution in [3.05, 3.63) is 263 Å². The fourth-order valence-corrected chi connectivity index (χ4v) is 13.4. The molecule has 0 radical (unpaired) electrons. The minimum absolute atomic E-state index is 0.106. The van der Waals surface area contributed by atoms with Crippen LogP contribution >= 0.6 is 74.4 Å². The van der Waals surface area contributed by atoms with Crippen molar-refractivity contribution in [1.82, 2.24) is 19.9 Å². The molecular weight excluding hydrogens is 1410 g/mol. The maximum Gasteiger partial charge on any atom is -0.0134 e. The van der Waals surface area contributed by atoms with Crippen LogP contribution in [0, 0.1) is 24.2 Å². The quantitative estimate of drug-likeness (QED) is 0.0255. The summed E-state index contributed by atoms with van der Waals surface area (Å²) in [6.07, 6.45) is 11.9. The molecule has 0 aliphatic carbocycles. The van der Waals surface area contributed by atoms with Crippen molar-refractivity contribution in [2.45, 2.75) is 10.3 Å². The van der Waals surface area contributed by atoms with E-state index in [0.717, 1.165) is 5.56 Å². The molecule has 10 aromatic rings. The van der Waals surface area contributed by atoms with Gasteiger partial charge in [-0.15, -0.1) is 6.42 Å². The van der Waals surface area contributed by atoms with Gasteiger partial charge in [0.05, 0.1) is 52.7 Å². The number of hydrogen-bond donors (Lipinski definition) is 0. The van der Waals surface area contributed by atoms with E-state index in [0.29, 0.717) is 48.9 Å². The van der Waals surface area contributed by atoms with Crippen molar-refractivity contribution in [3.63, 3.8) is 0 Å². The van der Waals surface area contributed by atoms with Gasteiger partial charge in [0, 0.05) is 35.7 Å². The second-order valence-corrected chi connectivity index (χ2v) is 26.7. The molecule has 0 atom stereocenters. The van der Waals surface area contributed by atoms with Gasteiger partial charge in [-0.3, -0.25) is 0 Å². The van der Waals surface area contributed by atoms with E-state index in [1.165, 1.54) is 82.0 Å². The van der Waals surface area contributed by atoms with Crippen LogP contribution in [0.4, 0.5) is 0 Å². The number of benzene rings is 8. The number of methoxy groups -OCH3 is 6. The van der Waals surface area contributed by atoms with Crippen molar-refractivity contribution in [3.8, 4) is 47.2 Å². The number of carbonyl (C=O) groups excluding carboxylic acids is 2. The van der Waals surface area contributed by atoms with Crippen LogP contribution in [0.3, 0.4) is 0 Å². The normalized spacial score (nSPS) is 9.87. The van der Waals surface area contributed by atoms with Gasteiger partial charge < -0.3 is 28.4 Å². The Hall–Kier alpha value is -7.54. The molecular formula is C70H63BrCl2N4O8P2PdS2. The monoisotopic (exact) mass is 1470 g/mol. The number of ether oxygens (including phenoxy) is 6. The van der Waals surface area contributed by atoms with Gasteiger partial charge in [0.2, 0.25) is 0 Å². The number of halogens is 3. The second kappa shape index (κ2) is 41.7. The minimum Gasteiger partial charge on any atom is -0.0622 e. The summed E-state index contributed by atoms with van der Waals surface area (Å²) >= 11 is 5.76. The molecule has 0 saturated heterocycles. The van der Waals surface area contributed by atoms with Gasteiger partial charge in [-0.25, -0.2) is 29.5 Å². The molecule has 90 heavy (non-hydrogen) atoms. The van der Waals surface area contributed by atoms with Crippen molar-refractivity contribution >= 4 is 118 Å². The molecule has 0 aliphatic rings. The summed E-state index contributed by atoms with van der Waals surface area (Å²) in [5.41, 5.74) is 2.21. The van der Waals surface area contributed by atoms with Gasteiger partial charge in [-0.2, -0.15) is 0 Å². The van der Waals surface area contributed by atoms with E-state index in [-0.39, 0.29) is 27.3 Å². The Labute approximate surface area is 563 Å². The van der Waals surface area contributed by atoms with E-state index in [1.807, 2.05) is 12.5 Å². The predicted molar refractivity (Wildman–Crippen MR) is 373 cm³/mol. The fraction of sp³-hybridized carbons (Fsp3) is 0.114. The molecule has 0 N–H and O–H groups in total. The molecule has 0 saturated carbocycles. The molecule has 0 amide bonds. The van der Waals surface area contributed by atoms with Crippen LogP contribution in [-0.2, 0) is 25.4 Å². The van der Waals surface area contributed by atoms with Crippen molar-refractivity contribution in [2.24, 2.45) is 0 Å². The molecule has 2 heterocycles. The number of thioether (sulfide) groups is 2. The van der Waals surface area contributed by atoms with Crippen LogP contribution in [0.1, 0.15) is 37.7 Å². The topological polar surface area (TPSA) is 141 Å². The Morgan fingerprint density at radius 1 is 0.456 bits per heavy atom. The van der Waals surface area contributed by atoms with Crippen molar-refractivity contribution < 1.29 is 53.9 Å². The zero-order chi connectivity index (χ0) is 64.9. The molecule has 2 aromatic heterocycles. The zero-order valence-corrected chi connectivity index (χ0v) is 58.3. The summed E-state index contributed by atoms with van der Waals surface area (Å²) < 4.78 is 30.3. The summed E-state index contributed by atoms with van der Waals surface area (Å²) in [5.74, 6) is 10.0. The first-order chi connectivity index (χ1) is 43.9. The predicted octanol–water partition coefficient (Wildman–Crippen LogP) is 14.1. The Kier molecular flexibility index (Phi) is 33.9. The summed E-state index contributed by atoms with van der Waals surface area (Å²) in [7, 11) is 17.7. The van der Waals surface area contributed by atoms with E-state index >= 15 is 0 Å². The summed E-state index contributed by atoms with van der Waals surface area (Å²) in [5, 5.41) is 9.41. The first-order valence-electron chi connectivity index (χ1n) is 26.7. The second-order valence-electron chi connectivity index (χ2n) is 17.5. The molecule has 10 rings (SSSR count). The first-order valence-corrected chi connectivity index (χ1v) is 36.7. The molecule has 20 heteroatoms. The molecule has 0 spiro atoms. The minimum atomic E-state index is -0.555. The van der Waals surface area contributed by atoms with Gasteiger partial charge in [0.15, 0.2) is 21.7 Å². The Morgan fingerprint density at radius 2 is 0.744 bits per heavy atom. The smallest absolute Gasteiger partial charge is 0.0134 e. The molecule has 8 aromatic carbocycles. The maximum atomic E-state index is 11.9. The fourth-order valence-electron chi connectivity index (χ4n) is 7.76. The van der Waals surface area contributed by atoms with Gasteiger partial charge in [0.1, 0.15) is 23.0 Å². The largest absolute Gasteiger partial charge is 0.0622 e. The molecule has 0 bridgehead atoms. The van der Waals surface area contributed by atoms with Crippen molar-refractivity contribution in [1.29, 1.82) is 0 Å². The number of esters is 2. The van der Waals surface area contributed by atoms with Crippen LogP contribution in [0.15, 0.2) is 246 Å². The van der Waals surface area contributed by atoms with E-state index in [2.05, 4.69) is 240 Å². The third-order valence-electron chi connectivity index (χ3n) is 11.9. The molecule has 12 nitrogen and oxygen atoms in total. The van der Waals surface area contributed by atoms with Crippen molar-refractivity contribution in [2.75, 3.05) is 55.2 Å². The van der Waals surface area contributed by atoms with Crippen LogP contribution in [0.2, 0.25) is 0 Å². The summed E-state index contributed by atoms with van der Waals surface area (Å²) in [4.78, 5) is 39.3. The van der Waals surface area contributed by atoms with E-state index in [9.17, 15) is 9.59 Å². The number of terminal acetylenes is 1. The molecule has 464 valence electrons. The average molecular weight is 1470 g/mol. The molecule has 0 aliphatic heterocycles. The van der Waals surface area contributed by atoms with E-state index < -0.39 is 27.8 Å². The Bertz CT molecular complexity index is 3540.